The van der Waals surface area contributed by atoms with Gasteiger partial charge in [0.15, 0.2) is 0 Å². The SMILES string of the molecule is CCSC1CCCC1NC(=O)CCNC. The minimum atomic E-state index is 0.193. The zero-order valence-electron chi connectivity index (χ0n) is 9.71. The zero-order chi connectivity index (χ0) is 11.1. The molecule has 0 aromatic rings. The Labute approximate surface area is 96.8 Å². The normalized spacial score (nSPS) is 25.5. The summed E-state index contributed by atoms with van der Waals surface area (Å²) >= 11 is 1.98. The molecule has 0 aliphatic heterocycles. The van der Waals surface area contributed by atoms with E-state index in [9.17, 15) is 4.79 Å². The van der Waals surface area contributed by atoms with Crippen molar-refractivity contribution in [2.24, 2.45) is 0 Å². The summed E-state index contributed by atoms with van der Waals surface area (Å²) in [5.74, 6) is 1.34. The second-order valence-electron chi connectivity index (χ2n) is 3.95. The molecule has 1 fully saturated rings. The van der Waals surface area contributed by atoms with Crippen molar-refractivity contribution in [3.05, 3.63) is 0 Å². The molecule has 1 amide bonds. The Morgan fingerprint density at radius 3 is 2.93 bits per heavy atom. The minimum absolute atomic E-state index is 0.193. The van der Waals surface area contributed by atoms with Crippen LogP contribution in [-0.2, 0) is 4.79 Å². The number of amides is 1. The third kappa shape index (κ3) is 4.43. The van der Waals surface area contributed by atoms with Crippen LogP contribution in [0.1, 0.15) is 32.6 Å². The van der Waals surface area contributed by atoms with Crippen LogP contribution in [0.25, 0.3) is 0 Å². The van der Waals surface area contributed by atoms with Crippen LogP contribution in [0.5, 0.6) is 0 Å². The quantitative estimate of drug-likeness (QED) is 0.724. The van der Waals surface area contributed by atoms with Crippen molar-refractivity contribution in [2.45, 2.75) is 43.9 Å². The van der Waals surface area contributed by atoms with Gasteiger partial charge in [-0.3, -0.25) is 4.79 Å². The summed E-state index contributed by atoms with van der Waals surface area (Å²) < 4.78 is 0. The summed E-state index contributed by atoms with van der Waals surface area (Å²) in [6, 6.07) is 0.416. The van der Waals surface area contributed by atoms with Crippen molar-refractivity contribution in [1.29, 1.82) is 0 Å². The van der Waals surface area contributed by atoms with Gasteiger partial charge in [-0.2, -0.15) is 11.8 Å². The molecule has 3 nitrogen and oxygen atoms in total. The fraction of sp³-hybridized carbons (Fsp3) is 0.909. The molecule has 0 radical (unpaired) electrons. The van der Waals surface area contributed by atoms with Crippen molar-refractivity contribution < 1.29 is 4.79 Å². The third-order valence-corrected chi connectivity index (χ3v) is 4.11. The highest BCUT2D eigenvalue weighted by Crippen LogP contribution is 2.29. The lowest BCUT2D eigenvalue weighted by Gasteiger charge is -2.20. The van der Waals surface area contributed by atoms with Crippen LogP contribution in [0.3, 0.4) is 0 Å². The van der Waals surface area contributed by atoms with E-state index >= 15 is 0 Å². The number of carbonyl (C=O) groups excluding carboxylic acids is 1. The molecular formula is C11H22N2OS. The van der Waals surface area contributed by atoms with Crippen LogP contribution in [0.2, 0.25) is 0 Å². The molecule has 1 rings (SSSR count). The average Bonchev–Trinajstić information content (AvgIpc) is 2.63. The van der Waals surface area contributed by atoms with E-state index in [-0.39, 0.29) is 5.91 Å². The molecule has 0 saturated heterocycles. The van der Waals surface area contributed by atoms with Gasteiger partial charge in [-0.05, 0) is 25.6 Å². The van der Waals surface area contributed by atoms with Crippen LogP contribution in [0.4, 0.5) is 0 Å². The average molecular weight is 230 g/mol. The zero-order valence-corrected chi connectivity index (χ0v) is 10.5. The van der Waals surface area contributed by atoms with E-state index in [0.29, 0.717) is 17.7 Å². The molecule has 0 aromatic heterocycles. The van der Waals surface area contributed by atoms with E-state index < -0.39 is 0 Å². The first-order valence-electron chi connectivity index (χ1n) is 5.83. The summed E-state index contributed by atoms with van der Waals surface area (Å²) in [5.41, 5.74) is 0. The second-order valence-corrected chi connectivity index (χ2v) is 5.47. The lowest BCUT2D eigenvalue weighted by molar-refractivity contribution is -0.121. The minimum Gasteiger partial charge on any atom is -0.352 e. The fourth-order valence-electron chi connectivity index (χ4n) is 2.02. The maximum atomic E-state index is 11.5. The Morgan fingerprint density at radius 2 is 2.27 bits per heavy atom. The standard InChI is InChI=1S/C11H22N2OS/c1-3-15-10-6-4-5-9(10)13-11(14)7-8-12-2/h9-10,12H,3-8H2,1-2H3,(H,13,14). The maximum Gasteiger partial charge on any atom is 0.221 e. The molecule has 88 valence electrons. The first kappa shape index (κ1) is 12.8. The van der Waals surface area contributed by atoms with Gasteiger partial charge in [0, 0.05) is 24.3 Å². The highest BCUT2D eigenvalue weighted by Gasteiger charge is 2.27. The fourth-order valence-corrected chi connectivity index (χ4v) is 3.22. The Morgan fingerprint density at radius 1 is 1.47 bits per heavy atom. The van der Waals surface area contributed by atoms with E-state index in [1.54, 1.807) is 0 Å². The van der Waals surface area contributed by atoms with Crippen molar-refractivity contribution in [2.75, 3.05) is 19.3 Å². The van der Waals surface area contributed by atoms with Gasteiger partial charge in [-0.25, -0.2) is 0 Å². The monoisotopic (exact) mass is 230 g/mol. The molecule has 1 aliphatic carbocycles. The first-order chi connectivity index (χ1) is 7.27. The van der Waals surface area contributed by atoms with Gasteiger partial charge in [0.25, 0.3) is 0 Å². The van der Waals surface area contributed by atoms with Gasteiger partial charge in [-0.1, -0.05) is 13.3 Å². The Balaban J connectivity index is 2.26. The highest BCUT2D eigenvalue weighted by atomic mass is 32.2. The number of carbonyl (C=O) groups is 1. The highest BCUT2D eigenvalue weighted by molar-refractivity contribution is 7.99. The summed E-state index contributed by atoms with van der Waals surface area (Å²) in [4.78, 5) is 11.5. The predicted octanol–water partition coefficient (Wildman–Crippen LogP) is 1.39. The summed E-state index contributed by atoms with van der Waals surface area (Å²) in [5, 5.41) is 6.79. The molecule has 1 saturated carbocycles. The Kier molecular flexibility index (Phi) is 6.10. The van der Waals surface area contributed by atoms with E-state index in [1.165, 1.54) is 12.8 Å². The number of thioether (sulfide) groups is 1. The Hall–Kier alpha value is -0.220. The first-order valence-corrected chi connectivity index (χ1v) is 6.88. The van der Waals surface area contributed by atoms with Gasteiger partial charge in [-0.15, -0.1) is 0 Å². The molecule has 2 N–H and O–H groups in total. The summed E-state index contributed by atoms with van der Waals surface area (Å²) in [6.07, 6.45) is 4.27. The molecule has 0 heterocycles. The van der Waals surface area contributed by atoms with Crippen molar-refractivity contribution in [3.8, 4) is 0 Å². The van der Waals surface area contributed by atoms with Crippen molar-refractivity contribution in [1.82, 2.24) is 10.6 Å². The molecule has 0 aromatic carbocycles. The molecule has 2 atom stereocenters. The van der Waals surface area contributed by atoms with Gasteiger partial charge in [0.2, 0.25) is 5.91 Å². The molecule has 0 bridgehead atoms. The summed E-state index contributed by atoms with van der Waals surface area (Å²) in [6.45, 7) is 2.95. The number of hydrogen-bond acceptors (Lipinski definition) is 3. The molecule has 15 heavy (non-hydrogen) atoms. The van der Waals surface area contributed by atoms with Gasteiger partial charge >= 0.3 is 0 Å². The van der Waals surface area contributed by atoms with Crippen LogP contribution in [0.15, 0.2) is 0 Å². The topological polar surface area (TPSA) is 41.1 Å². The number of rotatable bonds is 6. The number of nitrogens with one attached hydrogen (secondary N) is 2. The van der Waals surface area contributed by atoms with E-state index in [1.807, 2.05) is 18.8 Å². The summed E-state index contributed by atoms with van der Waals surface area (Å²) in [7, 11) is 1.87. The van der Waals surface area contributed by atoms with E-state index in [0.717, 1.165) is 18.7 Å². The largest absolute Gasteiger partial charge is 0.352 e. The van der Waals surface area contributed by atoms with Gasteiger partial charge in [0.1, 0.15) is 0 Å². The van der Waals surface area contributed by atoms with Crippen LogP contribution in [-0.4, -0.2) is 36.5 Å². The molecule has 1 aliphatic rings. The molecule has 4 heteroatoms. The van der Waals surface area contributed by atoms with E-state index in [4.69, 9.17) is 0 Å². The van der Waals surface area contributed by atoms with Crippen LogP contribution in [0, 0.1) is 0 Å². The van der Waals surface area contributed by atoms with Crippen LogP contribution >= 0.6 is 11.8 Å². The van der Waals surface area contributed by atoms with Crippen LogP contribution < -0.4 is 10.6 Å². The third-order valence-electron chi connectivity index (χ3n) is 2.78. The maximum absolute atomic E-state index is 11.5. The lowest BCUT2D eigenvalue weighted by Crippen LogP contribution is -2.39. The van der Waals surface area contributed by atoms with Crippen molar-refractivity contribution in [3.63, 3.8) is 0 Å². The van der Waals surface area contributed by atoms with Gasteiger partial charge in [0.05, 0.1) is 0 Å². The van der Waals surface area contributed by atoms with E-state index in [2.05, 4.69) is 17.6 Å². The van der Waals surface area contributed by atoms with Gasteiger partial charge < -0.3 is 10.6 Å². The second kappa shape index (κ2) is 7.12. The lowest BCUT2D eigenvalue weighted by atomic mass is 10.2. The smallest absolute Gasteiger partial charge is 0.221 e. The molecule has 2 unspecified atom stereocenters. The Bertz CT molecular complexity index is 199. The number of hydrogen-bond donors (Lipinski definition) is 2. The molecule has 0 spiro atoms. The molecular weight excluding hydrogens is 208 g/mol. The predicted molar refractivity (Wildman–Crippen MR) is 66.2 cm³/mol. The van der Waals surface area contributed by atoms with Crippen molar-refractivity contribution >= 4 is 17.7 Å².